The number of aromatic nitrogens is 1. The number of carbonyl (C=O) groups is 1. The third-order valence-electron chi connectivity index (χ3n) is 3.54. The van der Waals surface area contributed by atoms with E-state index < -0.39 is 6.10 Å². The smallest absolute Gasteiger partial charge is 0.261 e. The highest BCUT2D eigenvalue weighted by molar-refractivity contribution is 6.32. The van der Waals surface area contributed by atoms with Gasteiger partial charge in [-0.3, -0.25) is 9.78 Å². The Bertz CT molecular complexity index is 651. The molecule has 0 bridgehead atoms. The lowest BCUT2D eigenvalue weighted by molar-refractivity contribution is -0.128. The Morgan fingerprint density at radius 1 is 1.35 bits per heavy atom. The Morgan fingerprint density at radius 2 is 2.04 bits per heavy atom. The molecule has 4 nitrogen and oxygen atoms in total. The summed E-state index contributed by atoms with van der Waals surface area (Å²) in [6.07, 6.45) is 3.48. The molecule has 0 aliphatic heterocycles. The van der Waals surface area contributed by atoms with Crippen molar-refractivity contribution in [2.45, 2.75) is 39.8 Å². The van der Waals surface area contributed by atoms with E-state index in [1.165, 1.54) is 0 Å². The molecular weight excluding hydrogens is 312 g/mol. The molecule has 0 saturated carbocycles. The summed E-state index contributed by atoms with van der Waals surface area (Å²) in [6, 6.07) is 7.47. The van der Waals surface area contributed by atoms with Gasteiger partial charge in [0.05, 0.1) is 0 Å². The molecule has 1 atom stereocenters. The number of ether oxygens (including phenoxy) is 1. The summed E-state index contributed by atoms with van der Waals surface area (Å²) in [5, 5.41) is 3.61. The van der Waals surface area contributed by atoms with Crippen LogP contribution in [0.15, 0.2) is 36.7 Å². The number of nitrogens with zero attached hydrogens (tertiary/aromatic N) is 1. The number of halogens is 1. The highest BCUT2D eigenvalue weighted by Gasteiger charge is 2.18. The van der Waals surface area contributed by atoms with Crippen molar-refractivity contribution >= 4 is 17.5 Å². The molecule has 2 aromatic rings. The number of benzene rings is 1. The lowest BCUT2D eigenvalue weighted by Crippen LogP contribution is -2.37. The predicted octanol–water partition coefficient (Wildman–Crippen LogP) is 3.83. The number of pyridine rings is 1. The van der Waals surface area contributed by atoms with E-state index in [2.05, 4.69) is 10.3 Å². The van der Waals surface area contributed by atoms with Crippen LogP contribution in [-0.2, 0) is 11.3 Å². The Morgan fingerprint density at radius 3 is 2.61 bits per heavy atom. The molecule has 1 unspecified atom stereocenters. The van der Waals surface area contributed by atoms with E-state index in [0.717, 1.165) is 21.7 Å². The lowest BCUT2D eigenvalue weighted by atomic mass is 10.1. The van der Waals surface area contributed by atoms with Crippen molar-refractivity contribution in [2.24, 2.45) is 0 Å². The Balaban J connectivity index is 2.00. The van der Waals surface area contributed by atoms with E-state index in [9.17, 15) is 4.79 Å². The van der Waals surface area contributed by atoms with Gasteiger partial charge in [-0.1, -0.05) is 24.6 Å². The van der Waals surface area contributed by atoms with Gasteiger partial charge < -0.3 is 10.1 Å². The third-order valence-corrected chi connectivity index (χ3v) is 4.14. The Labute approximate surface area is 141 Å². The van der Waals surface area contributed by atoms with E-state index in [-0.39, 0.29) is 5.91 Å². The van der Waals surface area contributed by atoms with Gasteiger partial charge in [-0.25, -0.2) is 0 Å². The van der Waals surface area contributed by atoms with Gasteiger partial charge in [0, 0.05) is 24.0 Å². The highest BCUT2D eigenvalue weighted by atomic mass is 35.5. The van der Waals surface area contributed by atoms with Crippen molar-refractivity contribution in [3.63, 3.8) is 0 Å². The second kappa shape index (κ2) is 7.97. The van der Waals surface area contributed by atoms with Gasteiger partial charge in [0.15, 0.2) is 6.10 Å². The van der Waals surface area contributed by atoms with Crippen LogP contribution in [-0.4, -0.2) is 17.0 Å². The number of hydrogen-bond acceptors (Lipinski definition) is 3. The van der Waals surface area contributed by atoms with Gasteiger partial charge in [-0.15, -0.1) is 0 Å². The van der Waals surface area contributed by atoms with Crippen LogP contribution in [0.1, 0.15) is 30.0 Å². The first-order valence-corrected chi connectivity index (χ1v) is 7.99. The number of amides is 1. The van der Waals surface area contributed by atoms with Crippen LogP contribution >= 0.6 is 11.6 Å². The van der Waals surface area contributed by atoms with Gasteiger partial charge in [0.1, 0.15) is 5.75 Å². The normalized spacial score (nSPS) is 11.8. The summed E-state index contributed by atoms with van der Waals surface area (Å²) in [7, 11) is 0. The first-order valence-electron chi connectivity index (χ1n) is 7.61. The molecular formula is C18H21ClN2O2. The van der Waals surface area contributed by atoms with Crippen molar-refractivity contribution in [2.75, 3.05) is 0 Å². The molecule has 0 saturated heterocycles. The average Bonchev–Trinajstić information content (AvgIpc) is 2.56. The van der Waals surface area contributed by atoms with E-state index in [0.29, 0.717) is 18.7 Å². The van der Waals surface area contributed by atoms with Gasteiger partial charge >= 0.3 is 0 Å². The predicted molar refractivity (Wildman–Crippen MR) is 91.7 cm³/mol. The SMILES string of the molecule is CCC(Oc1cc(C)c(Cl)c(C)c1)C(=O)NCc1cccnc1. The lowest BCUT2D eigenvalue weighted by Gasteiger charge is -2.18. The van der Waals surface area contributed by atoms with E-state index >= 15 is 0 Å². The van der Waals surface area contributed by atoms with Crippen molar-refractivity contribution in [3.05, 3.63) is 58.4 Å². The van der Waals surface area contributed by atoms with Crippen molar-refractivity contribution in [3.8, 4) is 5.75 Å². The van der Waals surface area contributed by atoms with Gasteiger partial charge in [-0.05, 0) is 55.2 Å². The number of aryl methyl sites for hydroxylation is 2. The molecule has 1 aromatic heterocycles. The summed E-state index contributed by atoms with van der Waals surface area (Å²) in [4.78, 5) is 16.3. The summed E-state index contributed by atoms with van der Waals surface area (Å²) < 4.78 is 5.84. The fraction of sp³-hybridized carbons (Fsp3) is 0.333. The maximum atomic E-state index is 12.3. The summed E-state index contributed by atoms with van der Waals surface area (Å²) in [5.74, 6) is 0.523. The zero-order chi connectivity index (χ0) is 16.8. The molecule has 2 rings (SSSR count). The number of nitrogens with one attached hydrogen (secondary N) is 1. The molecule has 0 fully saturated rings. The molecule has 1 N–H and O–H groups in total. The molecule has 0 aliphatic rings. The molecule has 5 heteroatoms. The largest absolute Gasteiger partial charge is 0.481 e. The molecule has 1 heterocycles. The van der Waals surface area contributed by atoms with Crippen LogP contribution in [0, 0.1) is 13.8 Å². The van der Waals surface area contributed by atoms with Gasteiger partial charge in [0.25, 0.3) is 5.91 Å². The fourth-order valence-corrected chi connectivity index (χ4v) is 2.38. The maximum Gasteiger partial charge on any atom is 0.261 e. The minimum absolute atomic E-state index is 0.137. The minimum Gasteiger partial charge on any atom is -0.481 e. The van der Waals surface area contributed by atoms with Crippen LogP contribution in [0.4, 0.5) is 0 Å². The highest BCUT2D eigenvalue weighted by Crippen LogP contribution is 2.26. The first-order chi connectivity index (χ1) is 11.0. The van der Waals surface area contributed by atoms with E-state index in [1.807, 2.05) is 45.0 Å². The Hall–Kier alpha value is -2.07. The monoisotopic (exact) mass is 332 g/mol. The fourth-order valence-electron chi connectivity index (χ4n) is 2.27. The summed E-state index contributed by atoms with van der Waals surface area (Å²) in [6.45, 7) is 6.20. The molecule has 122 valence electrons. The molecule has 1 aromatic carbocycles. The number of hydrogen-bond donors (Lipinski definition) is 1. The van der Waals surface area contributed by atoms with E-state index in [1.54, 1.807) is 12.4 Å². The average molecular weight is 333 g/mol. The molecule has 1 amide bonds. The summed E-state index contributed by atoms with van der Waals surface area (Å²) >= 11 is 6.16. The van der Waals surface area contributed by atoms with E-state index in [4.69, 9.17) is 16.3 Å². The summed E-state index contributed by atoms with van der Waals surface area (Å²) in [5.41, 5.74) is 2.83. The first kappa shape index (κ1) is 17.3. The topological polar surface area (TPSA) is 51.2 Å². The molecule has 0 radical (unpaired) electrons. The molecule has 23 heavy (non-hydrogen) atoms. The standard InChI is InChI=1S/C18H21ClN2O2/c1-4-16(18(22)21-11-14-6-5-7-20-10-14)23-15-8-12(2)17(19)13(3)9-15/h5-10,16H,4,11H2,1-3H3,(H,21,22). The zero-order valence-electron chi connectivity index (χ0n) is 13.6. The Kier molecular flexibility index (Phi) is 5.99. The van der Waals surface area contributed by atoms with Crippen molar-refractivity contribution < 1.29 is 9.53 Å². The van der Waals surface area contributed by atoms with Gasteiger partial charge in [0.2, 0.25) is 0 Å². The molecule has 0 spiro atoms. The van der Waals surface area contributed by atoms with Crippen LogP contribution in [0.25, 0.3) is 0 Å². The van der Waals surface area contributed by atoms with Crippen molar-refractivity contribution in [1.29, 1.82) is 0 Å². The van der Waals surface area contributed by atoms with Crippen molar-refractivity contribution in [1.82, 2.24) is 10.3 Å². The minimum atomic E-state index is -0.536. The maximum absolute atomic E-state index is 12.3. The molecule has 0 aliphatic carbocycles. The number of carbonyl (C=O) groups excluding carboxylic acids is 1. The second-order valence-electron chi connectivity index (χ2n) is 5.46. The van der Waals surface area contributed by atoms with Crippen LogP contribution in [0.2, 0.25) is 5.02 Å². The zero-order valence-corrected chi connectivity index (χ0v) is 14.4. The third kappa shape index (κ3) is 4.70. The second-order valence-corrected chi connectivity index (χ2v) is 5.84. The number of rotatable bonds is 6. The van der Waals surface area contributed by atoms with Crippen LogP contribution in [0.5, 0.6) is 5.75 Å². The quantitative estimate of drug-likeness (QED) is 0.874. The van der Waals surface area contributed by atoms with Crippen LogP contribution in [0.3, 0.4) is 0 Å². The van der Waals surface area contributed by atoms with Crippen LogP contribution < -0.4 is 10.1 Å². The van der Waals surface area contributed by atoms with Gasteiger partial charge in [-0.2, -0.15) is 0 Å².